The third-order valence-corrected chi connectivity index (χ3v) is 4.11. The predicted octanol–water partition coefficient (Wildman–Crippen LogP) is 1.43. The highest BCUT2D eigenvalue weighted by Gasteiger charge is 2.31. The number of rotatable bonds is 3. The normalized spacial score (nSPS) is 17.1. The van der Waals surface area contributed by atoms with Crippen LogP contribution >= 0.6 is 11.3 Å². The van der Waals surface area contributed by atoms with Crippen molar-refractivity contribution in [3.8, 4) is 0 Å². The van der Waals surface area contributed by atoms with Gasteiger partial charge in [0.2, 0.25) is 11.8 Å². The second-order valence-corrected chi connectivity index (χ2v) is 5.80. The molecule has 6 nitrogen and oxygen atoms in total. The fraction of sp³-hybridized carbons (Fsp3) is 0.500. The van der Waals surface area contributed by atoms with Gasteiger partial charge in [-0.05, 0) is 12.8 Å². The molecule has 0 aromatic carbocycles. The number of aromatic carboxylic acids is 1. The van der Waals surface area contributed by atoms with Crippen LogP contribution < -0.4 is 0 Å². The van der Waals surface area contributed by atoms with E-state index in [4.69, 9.17) is 5.11 Å². The van der Waals surface area contributed by atoms with Crippen LogP contribution in [-0.2, 0) is 16.1 Å². The second kappa shape index (κ2) is 5.08. The molecule has 102 valence electrons. The maximum Gasteiger partial charge on any atom is 0.347 e. The van der Waals surface area contributed by atoms with Crippen molar-refractivity contribution in [1.29, 1.82) is 0 Å². The first-order valence-corrected chi connectivity index (χ1v) is 6.73. The highest BCUT2D eigenvalue weighted by molar-refractivity contribution is 7.13. The van der Waals surface area contributed by atoms with Gasteiger partial charge in [0.25, 0.3) is 0 Å². The molecule has 1 saturated heterocycles. The van der Waals surface area contributed by atoms with E-state index in [0.717, 1.165) is 11.3 Å². The lowest BCUT2D eigenvalue weighted by molar-refractivity contribution is -0.150. The number of amides is 2. The molecule has 1 aliphatic heterocycles. The van der Waals surface area contributed by atoms with Gasteiger partial charge >= 0.3 is 5.97 Å². The summed E-state index contributed by atoms with van der Waals surface area (Å²) in [4.78, 5) is 40.0. The van der Waals surface area contributed by atoms with Gasteiger partial charge in [-0.15, -0.1) is 11.3 Å². The molecule has 19 heavy (non-hydrogen) atoms. The van der Waals surface area contributed by atoms with E-state index in [9.17, 15) is 14.4 Å². The number of piperidine rings is 1. The quantitative estimate of drug-likeness (QED) is 0.847. The summed E-state index contributed by atoms with van der Waals surface area (Å²) in [5.74, 6) is -1.39. The fourth-order valence-corrected chi connectivity index (χ4v) is 2.95. The Kier molecular flexibility index (Phi) is 3.66. The molecule has 0 radical (unpaired) electrons. The molecule has 7 heteroatoms. The van der Waals surface area contributed by atoms with Crippen molar-refractivity contribution in [1.82, 2.24) is 9.88 Å². The summed E-state index contributed by atoms with van der Waals surface area (Å²) < 4.78 is 0. The number of imide groups is 1. The van der Waals surface area contributed by atoms with Gasteiger partial charge in [-0.25, -0.2) is 9.78 Å². The molecule has 2 heterocycles. The Hall–Kier alpha value is -1.76. The number of carboxylic acids is 1. The summed E-state index contributed by atoms with van der Waals surface area (Å²) in [6.07, 6.45) is 0.698. The van der Waals surface area contributed by atoms with Gasteiger partial charge in [-0.1, -0.05) is 6.92 Å². The third-order valence-electron chi connectivity index (χ3n) is 2.98. The molecule has 0 atom stereocenters. The minimum absolute atomic E-state index is 0.0726. The van der Waals surface area contributed by atoms with Gasteiger partial charge in [0.05, 0.1) is 12.2 Å². The maximum atomic E-state index is 11.8. The van der Waals surface area contributed by atoms with Gasteiger partial charge in [-0.3, -0.25) is 14.5 Å². The molecule has 1 aromatic rings. The lowest BCUT2D eigenvalue weighted by atomic mass is 9.98. The van der Waals surface area contributed by atoms with E-state index < -0.39 is 5.97 Å². The molecular formula is C12H14N2O4S. The molecular weight excluding hydrogens is 268 g/mol. The maximum absolute atomic E-state index is 11.8. The average molecular weight is 282 g/mol. The predicted molar refractivity (Wildman–Crippen MR) is 67.8 cm³/mol. The first-order valence-electron chi connectivity index (χ1n) is 5.91. The van der Waals surface area contributed by atoms with Crippen molar-refractivity contribution in [2.75, 3.05) is 0 Å². The number of carbonyl (C=O) groups is 3. The lowest BCUT2D eigenvalue weighted by Gasteiger charge is -2.27. The van der Waals surface area contributed by atoms with Crippen LogP contribution in [0.15, 0.2) is 0 Å². The van der Waals surface area contributed by atoms with Crippen molar-refractivity contribution < 1.29 is 19.5 Å². The van der Waals surface area contributed by atoms with E-state index in [-0.39, 0.29) is 29.2 Å². The molecule has 0 spiro atoms. The summed E-state index contributed by atoms with van der Waals surface area (Å²) in [5, 5.41) is 9.42. The Morgan fingerprint density at radius 2 is 2.00 bits per heavy atom. The van der Waals surface area contributed by atoms with Crippen LogP contribution in [-0.4, -0.2) is 32.8 Å². The van der Waals surface area contributed by atoms with Crippen molar-refractivity contribution in [2.45, 2.75) is 33.2 Å². The number of hydrogen-bond acceptors (Lipinski definition) is 5. The number of aromatic nitrogens is 1. The molecule has 1 fully saturated rings. The summed E-state index contributed by atoms with van der Waals surface area (Å²) in [6, 6.07) is 0. The first kappa shape index (κ1) is 13.7. The monoisotopic (exact) mass is 282 g/mol. The summed E-state index contributed by atoms with van der Waals surface area (Å²) in [5.41, 5.74) is 0.415. The highest BCUT2D eigenvalue weighted by Crippen LogP contribution is 2.24. The summed E-state index contributed by atoms with van der Waals surface area (Å²) >= 11 is 1.01. The Morgan fingerprint density at radius 3 is 2.47 bits per heavy atom. The van der Waals surface area contributed by atoms with E-state index in [1.807, 2.05) is 6.92 Å². The van der Waals surface area contributed by atoms with Crippen molar-refractivity contribution in [2.24, 2.45) is 5.92 Å². The van der Waals surface area contributed by atoms with Crippen LogP contribution in [0.4, 0.5) is 0 Å². The minimum atomic E-state index is -1.04. The average Bonchev–Trinajstić information content (AvgIpc) is 2.65. The van der Waals surface area contributed by atoms with E-state index in [0.29, 0.717) is 23.5 Å². The van der Waals surface area contributed by atoms with Gasteiger partial charge in [0, 0.05) is 12.8 Å². The Morgan fingerprint density at radius 1 is 1.42 bits per heavy atom. The number of nitrogens with zero attached hydrogens (tertiary/aromatic N) is 2. The zero-order valence-electron chi connectivity index (χ0n) is 10.7. The second-order valence-electron chi connectivity index (χ2n) is 4.71. The standard InChI is InChI=1S/C12H14N2O4S/c1-6-3-9(15)14(10(16)4-6)5-8-13-7(2)11(19-8)12(17)18/h6H,3-5H2,1-2H3,(H,17,18). The Bertz CT molecular complexity index is 534. The van der Waals surface area contributed by atoms with Gasteiger partial charge in [0.15, 0.2) is 0 Å². The number of carboxylic acid groups (broad SMARTS) is 1. The molecule has 1 aliphatic rings. The summed E-state index contributed by atoms with van der Waals surface area (Å²) in [7, 11) is 0. The smallest absolute Gasteiger partial charge is 0.347 e. The van der Waals surface area contributed by atoms with Crippen LogP contribution in [0.5, 0.6) is 0 Å². The zero-order valence-corrected chi connectivity index (χ0v) is 11.5. The van der Waals surface area contributed by atoms with E-state index in [2.05, 4.69) is 4.98 Å². The summed E-state index contributed by atoms with van der Waals surface area (Å²) in [6.45, 7) is 3.54. The molecule has 0 aliphatic carbocycles. The molecule has 0 saturated carbocycles. The molecule has 1 N–H and O–H groups in total. The third kappa shape index (κ3) is 2.81. The number of carbonyl (C=O) groups excluding carboxylic acids is 2. The fourth-order valence-electron chi connectivity index (χ4n) is 2.06. The van der Waals surface area contributed by atoms with E-state index >= 15 is 0 Å². The molecule has 0 bridgehead atoms. The number of thiazole rings is 1. The zero-order chi connectivity index (χ0) is 14.2. The molecule has 1 aromatic heterocycles. The van der Waals surface area contributed by atoms with E-state index in [1.165, 1.54) is 4.90 Å². The minimum Gasteiger partial charge on any atom is -0.477 e. The van der Waals surface area contributed by atoms with Gasteiger partial charge in [0.1, 0.15) is 9.88 Å². The van der Waals surface area contributed by atoms with Gasteiger partial charge in [-0.2, -0.15) is 0 Å². The van der Waals surface area contributed by atoms with Crippen LogP contribution in [0.1, 0.15) is 40.1 Å². The van der Waals surface area contributed by atoms with E-state index in [1.54, 1.807) is 6.92 Å². The number of likely N-dealkylation sites (tertiary alicyclic amines) is 1. The van der Waals surface area contributed by atoms with Crippen molar-refractivity contribution in [3.63, 3.8) is 0 Å². The topological polar surface area (TPSA) is 87.6 Å². The van der Waals surface area contributed by atoms with Crippen LogP contribution in [0.2, 0.25) is 0 Å². The molecule has 2 amide bonds. The first-order chi connectivity index (χ1) is 8.88. The van der Waals surface area contributed by atoms with Crippen LogP contribution in [0.25, 0.3) is 0 Å². The lowest BCUT2D eigenvalue weighted by Crippen LogP contribution is -2.42. The van der Waals surface area contributed by atoms with Gasteiger partial charge < -0.3 is 5.11 Å². The SMILES string of the molecule is Cc1nc(CN2C(=O)CC(C)CC2=O)sc1C(=O)O. The largest absolute Gasteiger partial charge is 0.477 e. The van der Waals surface area contributed by atoms with Crippen molar-refractivity contribution in [3.05, 3.63) is 15.6 Å². The highest BCUT2D eigenvalue weighted by atomic mass is 32.1. The number of hydrogen-bond donors (Lipinski definition) is 1. The molecule has 0 unspecified atom stereocenters. The number of aryl methyl sites for hydroxylation is 1. The Labute approximate surface area is 114 Å². The van der Waals surface area contributed by atoms with Crippen LogP contribution in [0, 0.1) is 12.8 Å². The Balaban J connectivity index is 2.17. The van der Waals surface area contributed by atoms with Crippen LogP contribution in [0.3, 0.4) is 0 Å². The molecule has 2 rings (SSSR count). The van der Waals surface area contributed by atoms with Crippen molar-refractivity contribution >= 4 is 29.1 Å².